The minimum absolute atomic E-state index is 0.0685. The molecule has 1 amide bonds. The van der Waals surface area contributed by atoms with E-state index in [1.165, 1.54) is 0 Å². The van der Waals surface area contributed by atoms with Crippen LogP contribution in [0.25, 0.3) is 0 Å². The van der Waals surface area contributed by atoms with E-state index in [4.69, 9.17) is 9.15 Å². The van der Waals surface area contributed by atoms with Crippen molar-refractivity contribution in [1.82, 2.24) is 5.32 Å². The maximum atomic E-state index is 13.4. The molecule has 0 fully saturated rings. The summed E-state index contributed by atoms with van der Waals surface area (Å²) in [6.07, 6.45) is 0. The maximum Gasteiger partial charge on any atom is 0.258 e. The second-order valence-electron chi connectivity index (χ2n) is 5.74. The Labute approximate surface area is 138 Å². The normalized spacial score (nSPS) is 13.4. The number of hydrogen-bond acceptors (Lipinski definition) is 4. The van der Waals surface area contributed by atoms with Crippen LogP contribution >= 0.6 is 0 Å². The third-order valence-corrected chi connectivity index (χ3v) is 3.50. The van der Waals surface area contributed by atoms with Gasteiger partial charge in [0.1, 0.15) is 22.9 Å². The zero-order chi connectivity index (χ0) is 17.9. The van der Waals surface area contributed by atoms with Crippen molar-refractivity contribution in [3.05, 3.63) is 53.0 Å². The van der Waals surface area contributed by atoms with Crippen LogP contribution in [0.4, 0.5) is 8.78 Å². The highest BCUT2D eigenvalue weighted by Gasteiger charge is 2.28. The van der Waals surface area contributed by atoms with Gasteiger partial charge in [-0.15, -0.1) is 0 Å². The highest BCUT2D eigenvalue weighted by atomic mass is 19.1. The van der Waals surface area contributed by atoms with Crippen molar-refractivity contribution in [2.45, 2.75) is 26.4 Å². The van der Waals surface area contributed by atoms with Crippen molar-refractivity contribution in [3.63, 3.8) is 0 Å². The SMILES string of the molecule is Cc1cc([C@](C)(O)CNC(=O)COc2ccc(F)cc2F)c(C)o1. The molecule has 0 radical (unpaired) electrons. The molecule has 1 atom stereocenters. The summed E-state index contributed by atoms with van der Waals surface area (Å²) in [5.41, 5.74) is -0.746. The average molecular weight is 339 g/mol. The molecule has 0 saturated carbocycles. The van der Waals surface area contributed by atoms with E-state index < -0.39 is 29.7 Å². The van der Waals surface area contributed by atoms with Gasteiger partial charge in [0.05, 0.1) is 6.54 Å². The van der Waals surface area contributed by atoms with Gasteiger partial charge in [-0.1, -0.05) is 0 Å². The number of aryl methyl sites for hydroxylation is 2. The smallest absolute Gasteiger partial charge is 0.258 e. The molecule has 5 nitrogen and oxygen atoms in total. The van der Waals surface area contributed by atoms with E-state index in [0.717, 1.165) is 12.1 Å². The molecule has 0 saturated heterocycles. The summed E-state index contributed by atoms with van der Waals surface area (Å²) in [6.45, 7) is 4.50. The van der Waals surface area contributed by atoms with Gasteiger partial charge in [0.15, 0.2) is 18.2 Å². The Bertz CT molecular complexity index is 740. The number of rotatable bonds is 6. The molecule has 0 unspecified atom stereocenters. The van der Waals surface area contributed by atoms with Crippen LogP contribution in [0.5, 0.6) is 5.75 Å². The number of amides is 1. The van der Waals surface area contributed by atoms with E-state index in [-0.39, 0.29) is 12.3 Å². The topological polar surface area (TPSA) is 71.7 Å². The number of carbonyl (C=O) groups is 1. The van der Waals surface area contributed by atoms with Crippen LogP contribution in [-0.2, 0) is 10.4 Å². The lowest BCUT2D eigenvalue weighted by atomic mass is 9.96. The molecular formula is C17H19F2NO4. The maximum absolute atomic E-state index is 13.4. The molecule has 24 heavy (non-hydrogen) atoms. The van der Waals surface area contributed by atoms with E-state index in [9.17, 15) is 18.7 Å². The fraction of sp³-hybridized carbons (Fsp3) is 0.353. The third-order valence-electron chi connectivity index (χ3n) is 3.50. The van der Waals surface area contributed by atoms with E-state index in [0.29, 0.717) is 23.2 Å². The van der Waals surface area contributed by atoms with E-state index in [1.54, 1.807) is 26.8 Å². The van der Waals surface area contributed by atoms with Gasteiger partial charge in [-0.3, -0.25) is 4.79 Å². The Kier molecular flexibility index (Phi) is 5.23. The molecule has 7 heteroatoms. The molecule has 130 valence electrons. The summed E-state index contributed by atoms with van der Waals surface area (Å²) in [5.74, 6) is -1.16. The van der Waals surface area contributed by atoms with Gasteiger partial charge in [-0.25, -0.2) is 8.78 Å². The van der Waals surface area contributed by atoms with Crippen molar-refractivity contribution >= 4 is 5.91 Å². The first kappa shape index (κ1) is 17.9. The highest BCUT2D eigenvalue weighted by Crippen LogP contribution is 2.26. The molecule has 2 aromatic rings. The number of carbonyl (C=O) groups excluding carboxylic acids is 1. The first-order chi connectivity index (χ1) is 11.2. The number of ether oxygens (including phenoxy) is 1. The first-order valence-corrected chi connectivity index (χ1v) is 7.33. The van der Waals surface area contributed by atoms with Gasteiger partial charge in [0, 0.05) is 11.6 Å². The fourth-order valence-electron chi connectivity index (χ4n) is 2.32. The number of hydrogen-bond donors (Lipinski definition) is 2. The Balaban J connectivity index is 1.89. The lowest BCUT2D eigenvalue weighted by molar-refractivity contribution is -0.124. The van der Waals surface area contributed by atoms with Crippen molar-refractivity contribution in [1.29, 1.82) is 0 Å². The van der Waals surface area contributed by atoms with Crippen molar-refractivity contribution < 1.29 is 27.8 Å². The Hall–Kier alpha value is -2.41. The monoisotopic (exact) mass is 339 g/mol. The molecule has 0 bridgehead atoms. The summed E-state index contributed by atoms with van der Waals surface area (Å²) < 4.78 is 36.5. The quantitative estimate of drug-likeness (QED) is 0.848. The van der Waals surface area contributed by atoms with Crippen LogP contribution < -0.4 is 10.1 Å². The van der Waals surface area contributed by atoms with Crippen LogP contribution in [0.15, 0.2) is 28.7 Å². The molecule has 0 spiro atoms. The second kappa shape index (κ2) is 7.00. The van der Waals surface area contributed by atoms with E-state index >= 15 is 0 Å². The van der Waals surface area contributed by atoms with E-state index in [2.05, 4.69) is 5.32 Å². The molecular weight excluding hydrogens is 320 g/mol. The van der Waals surface area contributed by atoms with Gasteiger partial charge in [-0.05, 0) is 39.0 Å². The van der Waals surface area contributed by atoms with Crippen molar-refractivity contribution in [3.8, 4) is 5.75 Å². The minimum atomic E-state index is -1.32. The van der Waals surface area contributed by atoms with Crippen molar-refractivity contribution in [2.24, 2.45) is 0 Å². The number of benzene rings is 1. The molecule has 0 aliphatic heterocycles. The number of aliphatic hydroxyl groups is 1. The second-order valence-corrected chi connectivity index (χ2v) is 5.74. The molecule has 0 aliphatic rings. The fourth-order valence-corrected chi connectivity index (χ4v) is 2.32. The van der Waals surface area contributed by atoms with Crippen molar-refractivity contribution in [2.75, 3.05) is 13.2 Å². The largest absolute Gasteiger partial charge is 0.481 e. The first-order valence-electron chi connectivity index (χ1n) is 7.33. The summed E-state index contributed by atoms with van der Waals surface area (Å²) in [6, 6.07) is 4.50. The van der Waals surface area contributed by atoms with Gasteiger partial charge < -0.3 is 19.6 Å². The summed E-state index contributed by atoms with van der Waals surface area (Å²) in [4.78, 5) is 11.8. The predicted molar refractivity (Wildman–Crippen MR) is 82.6 cm³/mol. The zero-order valence-corrected chi connectivity index (χ0v) is 13.7. The van der Waals surface area contributed by atoms with Crippen LogP contribution in [-0.4, -0.2) is 24.2 Å². The minimum Gasteiger partial charge on any atom is -0.481 e. The number of nitrogens with one attached hydrogen (secondary N) is 1. The molecule has 2 rings (SSSR count). The molecule has 1 aromatic heterocycles. The van der Waals surface area contributed by atoms with Crippen LogP contribution in [0, 0.1) is 25.5 Å². The Morgan fingerprint density at radius 2 is 2.04 bits per heavy atom. The van der Waals surface area contributed by atoms with E-state index in [1.807, 2.05) is 0 Å². The standard InChI is InChI=1S/C17H19F2NO4/c1-10-6-13(11(2)24-10)17(3,22)9-20-16(21)8-23-15-5-4-12(18)7-14(15)19/h4-7,22H,8-9H2,1-3H3,(H,20,21)/t17-/m1/s1. The van der Waals surface area contributed by atoms with Gasteiger partial charge in [0.25, 0.3) is 5.91 Å². The summed E-state index contributed by atoms with van der Waals surface area (Å²) in [5, 5.41) is 13.0. The lowest BCUT2D eigenvalue weighted by Crippen LogP contribution is -2.40. The van der Waals surface area contributed by atoms with Crippen LogP contribution in [0.1, 0.15) is 24.0 Å². The van der Waals surface area contributed by atoms with Gasteiger partial charge >= 0.3 is 0 Å². The molecule has 1 aromatic carbocycles. The third kappa shape index (κ3) is 4.32. The number of furan rings is 1. The summed E-state index contributed by atoms with van der Waals surface area (Å²) >= 11 is 0. The predicted octanol–water partition coefficient (Wildman–Crippen LogP) is 2.58. The average Bonchev–Trinajstić information content (AvgIpc) is 2.84. The molecule has 0 aliphatic carbocycles. The summed E-state index contributed by atoms with van der Waals surface area (Å²) in [7, 11) is 0. The van der Waals surface area contributed by atoms with Crippen LogP contribution in [0.2, 0.25) is 0 Å². The van der Waals surface area contributed by atoms with Gasteiger partial charge in [-0.2, -0.15) is 0 Å². The van der Waals surface area contributed by atoms with Gasteiger partial charge in [0.2, 0.25) is 0 Å². The van der Waals surface area contributed by atoms with Crippen LogP contribution in [0.3, 0.4) is 0 Å². The Morgan fingerprint density at radius 3 is 2.62 bits per heavy atom. The lowest BCUT2D eigenvalue weighted by Gasteiger charge is -2.23. The highest BCUT2D eigenvalue weighted by molar-refractivity contribution is 5.77. The molecule has 2 N–H and O–H groups in total. The zero-order valence-electron chi connectivity index (χ0n) is 13.7. The number of halogens is 2. The Morgan fingerprint density at radius 1 is 1.33 bits per heavy atom. The molecule has 1 heterocycles.